The van der Waals surface area contributed by atoms with Gasteiger partial charge in [-0.15, -0.1) is 35.0 Å². The largest absolute Gasteiger partial charge is 0.348 e. The number of hydrogen-bond donors (Lipinski definition) is 1. The van der Waals surface area contributed by atoms with E-state index in [1.165, 1.54) is 18.4 Å². The third-order valence-electron chi connectivity index (χ3n) is 3.72. The first-order valence-corrected chi connectivity index (χ1v) is 6.64. The first kappa shape index (κ1) is 16.8. The van der Waals surface area contributed by atoms with Gasteiger partial charge in [-0.2, -0.15) is 0 Å². The minimum Gasteiger partial charge on any atom is -0.348 e. The van der Waals surface area contributed by atoms with E-state index >= 15 is 0 Å². The molecule has 1 saturated heterocycles. The Morgan fingerprint density at radius 3 is 2.84 bits per heavy atom. The van der Waals surface area contributed by atoms with Gasteiger partial charge in [-0.1, -0.05) is 11.6 Å². The Hall–Kier alpha value is -0.290. The van der Waals surface area contributed by atoms with E-state index in [0.29, 0.717) is 17.2 Å². The van der Waals surface area contributed by atoms with Crippen molar-refractivity contribution in [2.75, 3.05) is 18.0 Å². The summed E-state index contributed by atoms with van der Waals surface area (Å²) >= 11 is 5.90. The number of rotatable bonds is 1. The average molecular weight is 326 g/mol. The van der Waals surface area contributed by atoms with Crippen molar-refractivity contribution in [3.05, 3.63) is 16.8 Å². The van der Waals surface area contributed by atoms with Crippen LogP contribution >= 0.6 is 36.4 Å². The number of aromatic nitrogens is 2. The molecule has 0 saturated carbocycles. The van der Waals surface area contributed by atoms with Gasteiger partial charge in [-0.3, -0.25) is 0 Å². The topological polar surface area (TPSA) is 41.1 Å². The second-order valence-corrected chi connectivity index (χ2v) is 5.36. The fraction of sp³-hybridized carbons (Fsp3) is 0.667. The van der Waals surface area contributed by atoms with Crippen LogP contribution in [-0.2, 0) is 6.42 Å². The molecule has 0 aromatic carbocycles. The van der Waals surface area contributed by atoms with Crippen LogP contribution in [0.3, 0.4) is 0 Å². The third kappa shape index (κ3) is 3.24. The molecule has 0 bridgehead atoms. The van der Waals surface area contributed by atoms with Crippen molar-refractivity contribution in [2.24, 2.45) is 0 Å². The van der Waals surface area contributed by atoms with E-state index in [4.69, 9.17) is 11.6 Å². The average Bonchev–Trinajstić information content (AvgIpc) is 2.65. The van der Waals surface area contributed by atoms with Crippen LogP contribution in [-0.4, -0.2) is 35.4 Å². The van der Waals surface area contributed by atoms with Crippen LogP contribution in [0.2, 0.25) is 5.15 Å². The predicted molar refractivity (Wildman–Crippen MR) is 83.1 cm³/mol. The number of nitrogens with one attached hydrogen (secondary N) is 1. The molecule has 1 unspecified atom stereocenters. The normalized spacial score (nSPS) is 25.3. The van der Waals surface area contributed by atoms with Gasteiger partial charge in [0.05, 0.1) is 0 Å². The van der Waals surface area contributed by atoms with Crippen molar-refractivity contribution in [3.8, 4) is 0 Å². The highest BCUT2D eigenvalue weighted by molar-refractivity contribution is 6.29. The lowest BCUT2D eigenvalue weighted by Crippen LogP contribution is -2.48. The Labute approximate surface area is 131 Å². The summed E-state index contributed by atoms with van der Waals surface area (Å²) in [5.41, 5.74) is 1.24. The van der Waals surface area contributed by atoms with Crippen LogP contribution in [0.15, 0.2) is 6.07 Å². The molecule has 7 heteroatoms. The van der Waals surface area contributed by atoms with Gasteiger partial charge >= 0.3 is 0 Å². The van der Waals surface area contributed by atoms with E-state index in [1.807, 2.05) is 6.07 Å². The molecule has 1 aromatic heterocycles. The molecule has 0 aliphatic carbocycles. The Kier molecular flexibility index (Phi) is 6.12. The van der Waals surface area contributed by atoms with Crippen LogP contribution in [0.5, 0.6) is 0 Å². The molecule has 0 spiro atoms. The Bertz CT molecular complexity index is 423. The van der Waals surface area contributed by atoms with Crippen molar-refractivity contribution in [1.29, 1.82) is 0 Å². The summed E-state index contributed by atoms with van der Waals surface area (Å²) in [6.45, 7) is 4.44. The van der Waals surface area contributed by atoms with Crippen LogP contribution in [0.4, 0.5) is 5.82 Å². The van der Waals surface area contributed by atoms with Crippen molar-refractivity contribution in [2.45, 2.75) is 38.3 Å². The fourth-order valence-electron chi connectivity index (χ4n) is 2.99. The zero-order chi connectivity index (χ0) is 11.8. The van der Waals surface area contributed by atoms with Crippen molar-refractivity contribution >= 4 is 42.2 Å². The van der Waals surface area contributed by atoms with Gasteiger partial charge in [-0.05, 0) is 38.8 Å². The monoisotopic (exact) mass is 324 g/mol. The molecule has 4 nitrogen and oxygen atoms in total. The SMILES string of the molecule is CC1Cc2cc(Cl)nnc2N1[C@@H]1CCCNC1.Cl.Cl. The highest BCUT2D eigenvalue weighted by atomic mass is 35.5. The number of hydrogen-bond acceptors (Lipinski definition) is 4. The molecule has 2 aliphatic rings. The molecule has 1 fully saturated rings. The van der Waals surface area contributed by atoms with Gasteiger partial charge in [0.1, 0.15) is 0 Å². The number of anilines is 1. The van der Waals surface area contributed by atoms with Crippen LogP contribution in [0.25, 0.3) is 0 Å². The molecule has 2 aliphatic heterocycles. The molecule has 3 rings (SSSR count). The lowest BCUT2D eigenvalue weighted by atomic mass is 10.1. The number of fused-ring (bicyclic) bond motifs is 1. The summed E-state index contributed by atoms with van der Waals surface area (Å²) in [6.07, 6.45) is 3.51. The maximum absolute atomic E-state index is 5.90. The second kappa shape index (κ2) is 6.93. The van der Waals surface area contributed by atoms with E-state index in [0.717, 1.165) is 25.3 Å². The molecule has 0 radical (unpaired) electrons. The number of piperidine rings is 1. The van der Waals surface area contributed by atoms with Gasteiger partial charge in [0, 0.05) is 24.2 Å². The van der Waals surface area contributed by atoms with Crippen molar-refractivity contribution in [3.63, 3.8) is 0 Å². The number of halogens is 3. The summed E-state index contributed by atoms with van der Waals surface area (Å²) in [7, 11) is 0. The van der Waals surface area contributed by atoms with Crippen molar-refractivity contribution in [1.82, 2.24) is 15.5 Å². The first-order chi connectivity index (χ1) is 8.25. The summed E-state index contributed by atoms with van der Waals surface area (Å²) in [5, 5.41) is 12.2. The zero-order valence-corrected chi connectivity index (χ0v) is 13.2. The second-order valence-electron chi connectivity index (χ2n) is 4.98. The highest BCUT2D eigenvalue weighted by Gasteiger charge is 2.33. The van der Waals surface area contributed by atoms with Gasteiger partial charge in [0.2, 0.25) is 0 Å². The summed E-state index contributed by atoms with van der Waals surface area (Å²) in [4.78, 5) is 2.42. The van der Waals surface area contributed by atoms with Gasteiger partial charge < -0.3 is 10.2 Å². The summed E-state index contributed by atoms with van der Waals surface area (Å²) in [6, 6.07) is 3.01. The Morgan fingerprint density at radius 1 is 1.37 bits per heavy atom. The van der Waals surface area contributed by atoms with Crippen LogP contribution in [0.1, 0.15) is 25.3 Å². The van der Waals surface area contributed by atoms with Crippen LogP contribution < -0.4 is 10.2 Å². The van der Waals surface area contributed by atoms with E-state index in [1.54, 1.807) is 0 Å². The van der Waals surface area contributed by atoms with Gasteiger partial charge in [0.15, 0.2) is 11.0 Å². The summed E-state index contributed by atoms with van der Waals surface area (Å²) in [5.74, 6) is 1.04. The Morgan fingerprint density at radius 2 is 2.16 bits per heavy atom. The van der Waals surface area contributed by atoms with E-state index < -0.39 is 0 Å². The minimum atomic E-state index is 0. The lowest BCUT2D eigenvalue weighted by molar-refractivity contribution is 0.414. The smallest absolute Gasteiger partial charge is 0.155 e. The molecule has 108 valence electrons. The van der Waals surface area contributed by atoms with E-state index in [9.17, 15) is 0 Å². The summed E-state index contributed by atoms with van der Waals surface area (Å²) < 4.78 is 0. The zero-order valence-electron chi connectivity index (χ0n) is 10.8. The molecular formula is C12H19Cl3N4. The molecular weight excluding hydrogens is 307 g/mol. The quantitative estimate of drug-likeness (QED) is 0.861. The molecule has 0 amide bonds. The fourth-order valence-corrected chi connectivity index (χ4v) is 3.16. The van der Waals surface area contributed by atoms with E-state index in [2.05, 4.69) is 27.3 Å². The Balaban J connectivity index is 0.000000902. The van der Waals surface area contributed by atoms with Gasteiger partial charge in [-0.25, -0.2) is 0 Å². The van der Waals surface area contributed by atoms with Crippen molar-refractivity contribution < 1.29 is 0 Å². The van der Waals surface area contributed by atoms with Gasteiger partial charge in [0.25, 0.3) is 0 Å². The predicted octanol–water partition coefficient (Wildman–Crippen LogP) is 2.48. The lowest BCUT2D eigenvalue weighted by Gasteiger charge is -2.35. The maximum Gasteiger partial charge on any atom is 0.155 e. The third-order valence-corrected chi connectivity index (χ3v) is 3.90. The molecule has 2 atom stereocenters. The minimum absolute atomic E-state index is 0. The molecule has 3 heterocycles. The number of nitrogens with zero attached hydrogens (tertiary/aromatic N) is 3. The first-order valence-electron chi connectivity index (χ1n) is 6.27. The van der Waals surface area contributed by atoms with E-state index in [-0.39, 0.29) is 24.8 Å². The molecule has 19 heavy (non-hydrogen) atoms. The maximum atomic E-state index is 5.90. The molecule has 1 N–H and O–H groups in total. The molecule has 1 aromatic rings. The standard InChI is InChI=1S/C12H17ClN4.2ClH/c1-8-5-9-6-11(13)15-16-12(9)17(8)10-3-2-4-14-7-10;;/h6,8,10,14H,2-5,7H2,1H3;2*1H/t8?,10-;;/m1../s1. The highest BCUT2D eigenvalue weighted by Crippen LogP contribution is 2.33. The van der Waals surface area contributed by atoms with Crippen LogP contribution in [0, 0.1) is 0 Å².